The highest BCUT2D eigenvalue weighted by molar-refractivity contribution is 5.98. The predicted molar refractivity (Wildman–Crippen MR) is 142 cm³/mol. The number of hydrogen-bond donors (Lipinski definition) is 4. The molecule has 2 unspecified atom stereocenters. The average Bonchev–Trinajstić information content (AvgIpc) is 3.40. The molecule has 1 fully saturated rings. The number of ether oxygens (including phenoxy) is 2. The number of carbonyl (C=O) groups is 2. The Hall–Kier alpha value is -3.79. The van der Waals surface area contributed by atoms with E-state index in [0.29, 0.717) is 55.1 Å². The van der Waals surface area contributed by atoms with E-state index in [1.807, 2.05) is 47.4 Å². The van der Waals surface area contributed by atoms with Gasteiger partial charge in [0.2, 0.25) is 6.79 Å². The van der Waals surface area contributed by atoms with Crippen molar-refractivity contribution in [1.82, 2.24) is 10.2 Å². The molecule has 0 bridgehead atoms. The molecule has 202 valence electrons. The van der Waals surface area contributed by atoms with Gasteiger partial charge < -0.3 is 35.2 Å². The highest BCUT2D eigenvalue weighted by Crippen LogP contribution is 2.38. The van der Waals surface area contributed by atoms with E-state index < -0.39 is 12.1 Å². The summed E-state index contributed by atoms with van der Waals surface area (Å²) in [5.41, 5.74) is 2.35. The number of piperidine rings is 1. The zero-order valence-corrected chi connectivity index (χ0v) is 21.3. The van der Waals surface area contributed by atoms with Crippen LogP contribution in [-0.4, -0.2) is 72.0 Å². The number of amides is 1. The summed E-state index contributed by atoms with van der Waals surface area (Å²) in [5, 5.41) is 25.3. The molecule has 2 aromatic rings. The second-order valence-corrected chi connectivity index (χ2v) is 10.2. The normalized spacial score (nSPS) is 19.9. The Kier molecular flexibility index (Phi) is 7.97. The first-order chi connectivity index (χ1) is 18.4. The third kappa shape index (κ3) is 6.36. The van der Waals surface area contributed by atoms with Crippen LogP contribution in [0, 0.1) is 5.92 Å². The Balaban J connectivity index is 1.13. The van der Waals surface area contributed by atoms with Crippen LogP contribution in [0.5, 0.6) is 11.5 Å². The predicted octanol–water partition coefficient (Wildman–Crippen LogP) is 3.04. The molecule has 0 radical (unpaired) electrons. The number of nitrogens with zero attached hydrogens (tertiary/aromatic N) is 2. The van der Waals surface area contributed by atoms with E-state index in [4.69, 9.17) is 9.47 Å². The zero-order chi connectivity index (χ0) is 26.5. The first-order valence-corrected chi connectivity index (χ1v) is 13.2. The second-order valence-electron chi connectivity index (χ2n) is 10.2. The summed E-state index contributed by atoms with van der Waals surface area (Å²) in [6, 6.07) is 13.1. The first-order valence-electron chi connectivity index (χ1n) is 13.2. The number of guanidine groups is 1. The van der Waals surface area contributed by atoms with Crippen molar-refractivity contribution in [1.29, 1.82) is 0 Å². The quantitative estimate of drug-likeness (QED) is 0.416. The fourth-order valence-corrected chi connectivity index (χ4v) is 5.29. The number of aliphatic imine (C=N–C) groups is 1. The van der Waals surface area contributed by atoms with Crippen LogP contribution in [-0.2, 0) is 4.79 Å². The van der Waals surface area contributed by atoms with Crippen LogP contribution in [0.1, 0.15) is 53.9 Å². The number of nitrogens with one attached hydrogen (secondary N) is 2. The lowest BCUT2D eigenvalue weighted by molar-refractivity contribution is -0.137. The number of β-amino-alcohol motifs (C(OH)–C–C–N with tert-alkyl or cyclic N) is 1. The molecule has 3 aliphatic heterocycles. The Morgan fingerprint density at radius 3 is 2.71 bits per heavy atom. The lowest BCUT2D eigenvalue weighted by Crippen LogP contribution is -2.42. The fourth-order valence-electron chi connectivity index (χ4n) is 5.29. The van der Waals surface area contributed by atoms with Gasteiger partial charge in [0.05, 0.1) is 19.1 Å². The van der Waals surface area contributed by atoms with Gasteiger partial charge >= 0.3 is 5.97 Å². The summed E-state index contributed by atoms with van der Waals surface area (Å²) < 4.78 is 10.9. The van der Waals surface area contributed by atoms with E-state index in [0.717, 1.165) is 36.9 Å². The van der Waals surface area contributed by atoms with E-state index in [9.17, 15) is 19.8 Å². The zero-order valence-electron chi connectivity index (χ0n) is 21.3. The van der Waals surface area contributed by atoms with Gasteiger partial charge in [-0.15, -0.1) is 0 Å². The van der Waals surface area contributed by atoms with Crippen LogP contribution in [0.2, 0.25) is 0 Å². The Bertz CT molecular complexity index is 1190. The summed E-state index contributed by atoms with van der Waals surface area (Å²) >= 11 is 0. The summed E-state index contributed by atoms with van der Waals surface area (Å²) in [7, 11) is 0. The first kappa shape index (κ1) is 25.8. The number of benzene rings is 2. The summed E-state index contributed by atoms with van der Waals surface area (Å²) in [4.78, 5) is 30.9. The molecule has 0 aliphatic carbocycles. The van der Waals surface area contributed by atoms with Crippen LogP contribution in [0.25, 0.3) is 0 Å². The van der Waals surface area contributed by atoms with E-state index in [1.54, 1.807) is 0 Å². The molecule has 5 rings (SSSR count). The SMILES string of the molecule is O=C(O)CC(CCC1CCN(C(=O)c2cccc(NC3=NCC(O)CN3)c2)CC1)c1ccc2c(c1)OCO2. The number of rotatable bonds is 8. The number of carboxylic acid groups (broad SMARTS) is 1. The Morgan fingerprint density at radius 2 is 1.95 bits per heavy atom. The Labute approximate surface area is 221 Å². The number of anilines is 1. The van der Waals surface area contributed by atoms with Gasteiger partial charge in [0.15, 0.2) is 17.5 Å². The van der Waals surface area contributed by atoms with Crippen LogP contribution < -0.4 is 20.1 Å². The largest absolute Gasteiger partial charge is 0.481 e. The molecule has 2 atom stereocenters. The van der Waals surface area contributed by atoms with Crippen molar-refractivity contribution < 1.29 is 29.3 Å². The Morgan fingerprint density at radius 1 is 1.13 bits per heavy atom. The maximum atomic E-state index is 13.2. The highest BCUT2D eigenvalue weighted by Gasteiger charge is 2.26. The molecule has 10 heteroatoms. The molecule has 2 aromatic carbocycles. The summed E-state index contributed by atoms with van der Waals surface area (Å²) in [5.74, 6) is 1.50. The second kappa shape index (κ2) is 11.7. The molecule has 1 saturated heterocycles. The minimum absolute atomic E-state index is 0.00479. The molecule has 0 spiro atoms. The van der Waals surface area contributed by atoms with Crippen LogP contribution in [0.15, 0.2) is 47.5 Å². The summed E-state index contributed by atoms with van der Waals surface area (Å²) in [6.45, 7) is 2.34. The van der Waals surface area contributed by atoms with Gasteiger partial charge in [-0.2, -0.15) is 0 Å². The number of carbonyl (C=O) groups excluding carboxylic acids is 1. The number of aliphatic hydroxyl groups excluding tert-OH is 1. The minimum Gasteiger partial charge on any atom is -0.481 e. The number of aliphatic carboxylic acids is 1. The number of likely N-dealkylation sites (tertiary alicyclic amines) is 1. The monoisotopic (exact) mass is 522 g/mol. The van der Waals surface area contributed by atoms with Gasteiger partial charge in [-0.25, -0.2) is 0 Å². The van der Waals surface area contributed by atoms with Gasteiger partial charge in [-0.1, -0.05) is 12.1 Å². The smallest absolute Gasteiger partial charge is 0.303 e. The molecule has 0 aromatic heterocycles. The van der Waals surface area contributed by atoms with Gasteiger partial charge in [0.1, 0.15) is 0 Å². The maximum absolute atomic E-state index is 13.2. The molecule has 38 heavy (non-hydrogen) atoms. The number of hydrogen-bond acceptors (Lipinski definition) is 8. The van der Waals surface area contributed by atoms with Crippen molar-refractivity contribution in [3.05, 3.63) is 53.6 Å². The van der Waals surface area contributed by atoms with E-state index >= 15 is 0 Å². The van der Waals surface area contributed by atoms with Crippen LogP contribution >= 0.6 is 0 Å². The molecular formula is C28H34N4O6. The van der Waals surface area contributed by atoms with Crippen LogP contribution in [0.4, 0.5) is 5.69 Å². The molecular weight excluding hydrogens is 488 g/mol. The van der Waals surface area contributed by atoms with Crippen molar-refractivity contribution in [2.75, 3.05) is 38.3 Å². The van der Waals surface area contributed by atoms with Crippen LogP contribution in [0.3, 0.4) is 0 Å². The topological polar surface area (TPSA) is 133 Å². The number of fused-ring (bicyclic) bond motifs is 1. The van der Waals surface area contributed by atoms with E-state index in [2.05, 4.69) is 15.6 Å². The summed E-state index contributed by atoms with van der Waals surface area (Å²) in [6.07, 6.45) is 3.07. The standard InChI is InChI=1S/C28H34N4O6/c33-23-15-29-28(30-16-23)31-22-3-1-2-21(12-22)27(36)32-10-8-18(9-11-32)4-5-20(14-26(34)35)19-6-7-24-25(13-19)38-17-37-24/h1-3,6-7,12-13,18,20,23,33H,4-5,8-11,14-17H2,(H,34,35)(H2,29,30,31). The van der Waals surface area contributed by atoms with Gasteiger partial charge in [-0.3, -0.25) is 14.6 Å². The number of carboxylic acids is 1. The maximum Gasteiger partial charge on any atom is 0.303 e. The van der Waals surface area contributed by atoms with Gasteiger partial charge in [0.25, 0.3) is 5.91 Å². The lowest BCUT2D eigenvalue weighted by atomic mass is 9.84. The van der Waals surface area contributed by atoms with E-state index in [-0.39, 0.29) is 25.0 Å². The average molecular weight is 523 g/mol. The van der Waals surface area contributed by atoms with Crippen molar-refractivity contribution in [3.63, 3.8) is 0 Å². The molecule has 4 N–H and O–H groups in total. The molecule has 0 saturated carbocycles. The lowest BCUT2D eigenvalue weighted by Gasteiger charge is -2.33. The number of aliphatic hydroxyl groups is 1. The van der Waals surface area contributed by atoms with Crippen molar-refractivity contribution in [2.45, 2.75) is 44.1 Å². The van der Waals surface area contributed by atoms with Gasteiger partial charge in [-0.05, 0) is 73.4 Å². The molecule has 10 nitrogen and oxygen atoms in total. The van der Waals surface area contributed by atoms with Gasteiger partial charge in [0, 0.05) is 30.9 Å². The minimum atomic E-state index is -0.811. The highest BCUT2D eigenvalue weighted by atomic mass is 16.7. The third-order valence-electron chi connectivity index (χ3n) is 7.45. The van der Waals surface area contributed by atoms with Crippen molar-refractivity contribution in [2.24, 2.45) is 10.9 Å². The third-order valence-corrected chi connectivity index (χ3v) is 7.45. The fraction of sp³-hybridized carbons (Fsp3) is 0.464. The van der Waals surface area contributed by atoms with E-state index in [1.165, 1.54) is 0 Å². The molecule has 3 aliphatic rings. The van der Waals surface area contributed by atoms with Crippen molar-refractivity contribution >= 4 is 23.5 Å². The molecule has 3 heterocycles. The van der Waals surface area contributed by atoms with Crippen molar-refractivity contribution in [3.8, 4) is 11.5 Å². The molecule has 1 amide bonds.